The molecular weight excluding hydrogens is 458 g/mol. The number of aromatic nitrogens is 3. The molecule has 4 rings (SSSR count). The molecule has 0 spiro atoms. The Balaban J connectivity index is 1.67. The number of rotatable bonds is 7. The highest BCUT2D eigenvalue weighted by atomic mass is 19.1. The fourth-order valence-electron chi connectivity index (χ4n) is 3.74. The highest BCUT2D eigenvalue weighted by Gasteiger charge is 2.29. The van der Waals surface area contributed by atoms with Gasteiger partial charge in [-0.15, -0.1) is 0 Å². The van der Waals surface area contributed by atoms with Gasteiger partial charge in [-0.25, -0.2) is 18.7 Å². The van der Waals surface area contributed by atoms with Gasteiger partial charge in [-0.3, -0.25) is 9.36 Å². The molecule has 0 saturated carbocycles. The lowest BCUT2D eigenvalue weighted by Crippen LogP contribution is -2.42. The third-order valence-electron chi connectivity index (χ3n) is 5.87. The zero-order valence-electron chi connectivity index (χ0n) is 19.3. The Morgan fingerprint density at radius 2 is 2.20 bits per heavy atom. The lowest BCUT2D eigenvalue weighted by molar-refractivity contribution is -0.00177. The van der Waals surface area contributed by atoms with E-state index in [1.165, 1.54) is 26.2 Å². The van der Waals surface area contributed by atoms with Gasteiger partial charge in [0.05, 0.1) is 41.6 Å². The Labute approximate surface area is 200 Å². The average molecular weight is 485 g/mol. The second kappa shape index (κ2) is 9.93. The number of anilines is 1. The summed E-state index contributed by atoms with van der Waals surface area (Å²) in [7, 11) is 0. The van der Waals surface area contributed by atoms with Gasteiger partial charge in [-0.2, -0.15) is 5.26 Å². The number of hydrogen-bond acceptors (Lipinski definition) is 7. The Morgan fingerprint density at radius 1 is 1.40 bits per heavy atom. The first-order valence-electron chi connectivity index (χ1n) is 11.2. The summed E-state index contributed by atoms with van der Waals surface area (Å²) in [6.07, 6.45) is 1.94. The zero-order chi connectivity index (χ0) is 25.2. The Hall–Kier alpha value is -3.62. The van der Waals surface area contributed by atoms with E-state index in [1.54, 1.807) is 29.0 Å². The third kappa shape index (κ3) is 5.39. The van der Waals surface area contributed by atoms with E-state index in [1.807, 2.05) is 6.07 Å². The number of nitrogens with zero attached hydrogens (tertiary/aromatic N) is 4. The number of carbonyl (C=O) groups excluding carboxylic acids is 1. The van der Waals surface area contributed by atoms with Crippen LogP contribution < -0.4 is 10.6 Å². The maximum atomic E-state index is 14.5. The number of carbonyl (C=O) groups is 1. The van der Waals surface area contributed by atoms with Crippen molar-refractivity contribution >= 4 is 22.6 Å². The van der Waals surface area contributed by atoms with Crippen molar-refractivity contribution < 1.29 is 23.4 Å². The minimum Gasteiger partial charge on any atom is -0.387 e. The molecule has 4 heterocycles. The van der Waals surface area contributed by atoms with Crippen LogP contribution in [0, 0.1) is 11.3 Å². The number of fused-ring (bicyclic) bond motifs is 1. The highest BCUT2D eigenvalue weighted by molar-refractivity contribution is 5.99. The monoisotopic (exact) mass is 484 g/mol. The minimum absolute atomic E-state index is 0.0559. The molecule has 2 unspecified atom stereocenters. The molecule has 3 N–H and O–H groups in total. The van der Waals surface area contributed by atoms with Gasteiger partial charge < -0.3 is 20.5 Å². The van der Waals surface area contributed by atoms with E-state index >= 15 is 0 Å². The Morgan fingerprint density at radius 3 is 2.91 bits per heavy atom. The van der Waals surface area contributed by atoms with E-state index in [0.717, 1.165) is 5.39 Å². The number of amides is 1. The quantitative estimate of drug-likeness (QED) is 0.471. The summed E-state index contributed by atoms with van der Waals surface area (Å²) >= 11 is 0. The van der Waals surface area contributed by atoms with E-state index in [-0.39, 0.29) is 12.2 Å². The van der Waals surface area contributed by atoms with Crippen molar-refractivity contribution in [3.63, 3.8) is 0 Å². The summed E-state index contributed by atoms with van der Waals surface area (Å²) < 4.78 is 35.5. The highest BCUT2D eigenvalue weighted by Crippen LogP contribution is 2.25. The minimum atomic E-state index is -1.68. The topological polar surface area (TPSA) is 125 Å². The van der Waals surface area contributed by atoms with Crippen LogP contribution in [-0.4, -0.2) is 69.3 Å². The number of nitrogens with one attached hydrogen (secondary N) is 2. The van der Waals surface area contributed by atoms with E-state index in [4.69, 9.17) is 10.00 Å². The molecule has 0 bridgehead atoms. The number of halogens is 2. The van der Waals surface area contributed by atoms with Crippen LogP contribution in [0.15, 0.2) is 36.8 Å². The molecule has 35 heavy (non-hydrogen) atoms. The van der Waals surface area contributed by atoms with Crippen molar-refractivity contribution in [2.75, 3.05) is 25.1 Å². The number of pyridine rings is 2. The van der Waals surface area contributed by atoms with Crippen LogP contribution >= 0.6 is 0 Å². The number of ether oxygens (including phenoxy) is 1. The van der Waals surface area contributed by atoms with Crippen LogP contribution in [-0.2, 0) is 4.74 Å². The number of hydrogen-bond donors (Lipinski definition) is 3. The van der Waals surface area contributed by atoms with Gasteiger partial charge in [0.15, 0.2) is 0 Å². The molecule has 3 aromatic rings. The van der Waals surface area contributed by atoms with Crippen LogP contribution in [0.4, 0.5) is 14.5 Å². The number of nitriles is 1. The van der Waals surface area contributed by atoms with Crippen molar-refractivity contribution in [3.8, 4) is 11.9 Å². The summed E-state index contributed by atoms with van der Waals surface area (Å²) in [6.45, 7) is 2.54. The summed E-state index contributed by atoms with van der Waals surface area (Å²) in [5, 5.41) is 25.2. The predicted molar refractivity (Wildman–Crippen MR) is 125 cm³/mol. The van der Waals surface area contributed by atoms with Gasteiger partial charge in [0, 0.05) is 36.7 Å². The van der Waals surface area contributed by atoms with Crippen LogP contribution in [0.1, 0.15) is 36.2 Å². The van der Waals surface area contributed by atoms with E-state index in [0.29, 0.717) is 35.7 Å². The molecule has 0 aliphatic carbocycles. The molecule has 1 aliphatic heterocycles. The van der Waals surface area contributed by atoms with Gasteiger partial charge in [-0.05, 0) is 32.4 Å². The molecule has 1 amide bonds. The Kier molecular flexibility index (Phi) is 6.95. The SMILES string of the molecule is CC(C)(O)[C@@H](F)CNC(=O)c1cnc(-n2ccc3cc(C#N)cnc32)cc1NC1CCOCC1F. The molecule has 0 radical (unpaired) electrons. The smallest absolute Gasteiger partial charge is 0.255 e. The summed E-state index contributed by atoms with van der Waals surface area (Å²) in [5.74, 6) is -0.200. The van der Waals surface area contributed by atoms with Gasteiger partial charge in [0.1, 0.15) is 29.9 Å². The van der Waals surface area contributed by atoms with Crippen molar-refractivity contribution in [1.82, 2.24) is 19.9 Å². The molecule has 1 saturated heterocycles. The van der Waals surface area contributed by atoms with E-state index < -0.39 is 36.4 Å². The molecule has 3 atom stereocenters. The zero-order valence-corrected chi connectivity index (χ0v) is 19.3. The van der Waals surface area contributed by atoms with Crippen LogP contribution in [0.3, 0.4) is 0 Å². The third-order valence-corrected chi connectivity index (χ3v) is 5.87. The predicted octanol–water partition coefficient (Wildman–Crippen LogP) is 2.67. The number of alkyl halides is 2. The largest absolute Gasteiger partial charge is 0.387 e. The first-order chi connectivity index (χ1) is 16.7. The van der Waals surface area contributed by atoms with Gasteiger partial charge in [0.2, 0.25) is 0 Å². The molecule has 3 aromatic heterocycles. The molecule has 11 heteroatoms. The lowest BCUT2D eigenvalue weighted by atomic mass is 10.0. The standard InChI is InChI=1S/C24H26F2N6O3/c1-24(2,34)20(26)12-30-23(33)16-11-28-21(8-19(16)31-18-4-6-35-13-17(18)25)32-5-3-15-7-14(9-27)10-29-22(15)32/h3,5,7-8,10-11,17-18,20,34H,4,6,12-13H2,1-2H3,(H,28,31)(H,30,33)/t17?,18?,20-/m0/s1. The van der Waals surface area contributed by atoms with Crippen LogP contribution in [0.5, 0.6) is 0 Å². The first kappa shape index (κ1) is 24.5. The summed E-state index contributed by atoms with van der Waals surface area (Å²) in [4.78, 5) is 21.6. The van der Waals surface area contributed by atoms with Gasteiger partial charge >= 0.3 is 0 Å². The first-order valence-corrected chi connectivity index (χ1v) is 11.2. The fourth-order valence-corrected chi connectivity index (χ4v) is 3.74. The van der Waals surface area contributed by atoms with Crippen LogP contribution in [0.25, 0.3) is 16.9 Å². The van der Waals surface area contributed by atoms with Crippen LogP contribution in [0.2, 0.25) is 0 Å². The van der Waals surface area contributed by atoms with Crippen molar-refractivity contribution in [1.29, 1.82) is 5.26 Å². The van der Waals surface area contributed by atoms with Gasteiger partial charge in [0.25, 0.3) is 5.91 Å². The molecule has 9 nitrogen and oxygen atoms in total. The number of aliphatic hydroxyl groups is 1. The second-order valence-electron chi connectivity index (χ2n) is 8.98. The maximum absolute atomic E-state index is 14.5. The normalized spacial score (nSPS) is 19.2. The molecule has 1 fully saturated rings. The fraction of sp³-hybridized carbons (Fsp3) is 0.417. The van der Waals surface area contributed by atoms with Crippen molar-refractivity contribution in [2.24, 2.45) is 0 Å². The van der Waals surface area contributed by atoms with Gasteiger partial charge in [-0.1, -0.05) is 0 Å². The van der Waals surface area contributed by atoms with E-state index in [2.05, 4.69) is 20.6 Å². The Bertz CT molecular complexity index is 1270. The molecule has 1 aliphatic rings. The summed E-state index contributed by atoms with van der Waals surface area (Å²) in [6, 6.07) is 6.54. The summed E-state index contributed by atoms with van der Waals surface area (Å²) in [5.41, 5.74) is -0.223. The second-order valence-corrected chi connectivity index (χ2v) is 8.98. The maximum Gasteiger partial charge on any atom is 0.255 e. The molecule has 184 valence electrons. The van der Waals surface area contributed by atoms with Crippen molar-refractivity contribution in [3.05, 3.63) is 47.9 Å². The van der Waals surface area contributed by atoms with E-state index in [9.17, 15) is 18.7 Å². The molecular formula is C24H26F2N6O3. The molecule has 0 aromatic carbocycles. The lowest BCUT2D eigenvalue weighted by Gasteiger charge is -2.28. The van der Waals surface area contributed by atoms with Crippen molar-refractivity contribution in [2.45, 2.75) is 44.3 Å². The average Bonchev–Trinajstić information content (AvgIpc) is 3.26.